The molecule has 4 rings (SSSR count). The molecule has 0 aliphatic rings. The molecule has 0 spiro atoms. The summed E-state index contributed by atoms with van der Waals surface area (Å²) in [5.41, 5.74) is 6.08. The van der Waals surface area contributed by atoms with Crippen molar-refractivity contribution in [2.45, 2.75) is 6.92 Å². The molecule has 1 amide bonds. The van der Waals surface area contributed by atoms with Crippen LogP contribution in [0.1, 0.15) is 15.9 Å². The molecule has 0 saturated carbocycles. The van der Waals surface area contributed by atoms with Gasteiger partial charge in [0.15, 0.2) is 0 Å². The molecule has 10 nitrogen and oxygen atoms in total. The molecule has 40 heavy (non-hydrogen) atoms. The van der Waals surface area contributed by atoms with Gasteiger partial charge in [0, 0.05) is 56.2 Å². The number of ether oxygens (including phenoxy) is 1. The first-order valence-corrected chi connectivity index (χ1v) is 12.8. The van der Waals surface area contributed by atoms with Crippen molar-refractivity contribution < 1.29 is 14.3 Å². The second kappa shape index (κ2) is 12.0. The Bertz CT molecular complexity index is 1580. The van der Waals surface area contributed by atoms with Gasteiger partial charge in [-0.1, -0.05) is 18.7 Å². The number of carbonyl (C=O) groups excluding carboxylic acids is 2. The van der Waals surface area contributed by atoms with Crippen LogP contribution in [-0.4, -0.2) is 72.7 Å². The van der Waals surface area contributed by atoms with Crippen molar-refractivity contribution in [2.75, 3.05) is 56.9 Å². The summed E-state index contributed by atoms with van der Waals surface area (Å²) in [6.07, 6.45) is 4.88. The number of hydrogen-bond acceptors (Lipinski definition) is 8. The van der Waals surface area contributed by atoms with Gasteiger partial charge in [0.25, 0.3) is 0 Å². The van der Waals surface area contributed by atoms with Crippen LogP contribution in [0.2, 0.25) is 0 Å². The van der Waals surface area contributed by atoms with Crippen molar-refractivity contribution in [3.8, 4) is 11.3 Å². The van der Waals surface area contributed by atoms with E-state index in [9.17, 15) is 9.59 Å². The Morgan fingerprint density at radius 2 is 1.90 bits per heavy atom. The average Bonchev–Trinajstić information content (AvgIpc) is 3.29. The minimum atomic E-state index is -0.394. The fourth-order valence-electron chi connectivity index (χ4n) is 4.53. The van der Waals surface area contributed by atoms with E-state index in [1.165, 1.54) is 13.2 Å². The molecular weight excluding hydrogens is 506 g/mol. The number of likely N-dealkylation sites (N-methyl/N-ethyl adjacent to an activating group) is 2. The highest BCUT2D eigenvalue weighted by Gasteiger charge is 2.18. The lowest BCUT2D eigenvalue weighted by atomic mass is 10.1. The highest BCUT2D eigenvalue weighted by Crippen LogP contribution is 2.34. The molecule has 4 aromatic rings. The van der Waals surface area contributed by atoms with E-state index in [0.29, 0.717) is 22.9 Å². The summed E-state index contributed by atoms with van der Waals surface area (Å²) in [4.78, 5) is 38.0. The zero-order chi connectivity index (χ0) is 29.0. The van der Waals surface area contributed by atoms with Crippen LogP contribution in [0.3, 0.4) is 0 Å². The SMILES string of the molecule is C=CC(=O)Nc1cc(Nc2nccc(-c3cn(C)c4c(C(=O)OC)cccc34)n2)c(C)cc1N(C)CCN(C)C. The minimum absolute atomic E-state index is 0.294. The number of carbonyl (C=O) groups is 2. The Morgan fingerprint density at radius 1 is 1.12 bits per heavy atom. The summed E-state index contributed by atoms with van der Waals surface area (Å²) in [5.74, 6) is -0.289. The normalized spacial score (nSPS) is 11.0. The molecule has 2 aromatic carbocycles. The summed E-state index contributed by atoms with van der Waals surface area (Å²) >= 11 is 0. The van der Waals surface area contributed by atoms with Gasteiger partial charge in [-0.25, -0.2) is 14.8 Å². The van der Waals surface area contributed by atoms with Crippen molar-refractivity contribution in [2.24, 2.45) is 7.05 Å². The van der Waals surface area contributed by atoms with Gasteiger partial charge >= 0.3 is 5.97 Å². The molecule has 0 aliphatic heterocycles. The molecule has 0 fully saturated rings. The number of benzene rings is 2. The third kappa shape index (κ3) is 5.97. The number of esters is 1. The number of aromatic nitrogens is 3. The molecular formula is C30H35N7O3. The molecule has 10 heteroatoms. The van der Waals surface area contributed by atoms with E-state index in [4.69, 9.17) is 9.72 Å². The van der Waals surface area contributed by atoms with Crippen LogP contribution in [0.5, 0.6) is 0 Å². The third-order valence-electron chi connectivity index (χ3n) is 6.66. The number of nitrogens with one attached hydrogen (secondary N) is 2. The smallest absolute Gasteiger partial charge is 0.340 e. The van der Waals surface area contributed by atoms with E-state index in [1.807, 2.05) is 76.2 Å². The van der Waals surface area contributed by atoms with Crippen molar-refractivity contribution in [3.05, 3.63) is 72.6 Å². The zero-order valence-electron chi connectivity index (χ0n) is 23.8. The number of fused-ring (bicyclic) bond motifs is 1. The van der Waals surface area contributed by atoms with Crippen LogP contribution in [0.4, 0.5) is 23.0 Å². The maximum Gasteiger partial charge on any atom is 0.340 e. The van der Waals surface area contributed by atoms with E-state index in [1.54, 1.807) is 12.3 Å². The fourth-order valence-corrected chi connectivity index (χ4v) is 4.53. The van der Waals surface area contributed by atoms with Gasteiger partial charge in [-0.05, 0) is 56.9 Å². The zero-order valence-corrected chi connectivity index (χ0v) is 23.8. The Hall–Kier alpha value is -4.70. The van der Waals surface area contributed by atoms with Crippen LogP contribution in [0, 0.1) is 6.92 Å². The standard InChI is InChI=1S/C30H35N7O3/c1-8-27(38)32-25-17-24(19(2)16-26(25)36(5)15-14-35(3)4)34-30-31-13-12-23(33-30)22-18-37(6)28-20(22)10-9-11-21(28)29(39)40-7/h8-13,16-18H,1,14-15H2,2-7H3,(H,32,38)(H,31,33,34). The number of rotatable bonds is 10. The molecule has 0 unspecified atom stereocenters. The van der Waals surface area contributed by atoms with Gasteiger partial charge in [0.05, 0.1) is 35.3 Å². The quantitative estimate of drug-likeness (QED) is 0.222. The van der Waals surface area contributed by atoms with E-state index in [2.05, 4.69) is 32.0 Å². The average molecular weight is 542 g/mol. The van der Waals surface area contributed by atoms with Crippen LogP contribution in [0.15, 0.2) is 61.4 Å². The Balaban J connectivity index is 1.70. The Labute approximate surface area is 234 Å². The van der Waals surface area contributed by atoms with E-state index in [-0.39, 0.29) is 5.91 Å². The number of aryl methyl sites for hydroxylation is 2. The molecule has 2 N–H and O–H groups in total. The monoisotopic (exact) mass is 541 g/mol. The number of hydrogen-bond donors (Lipinski definition) is 2. The number of para-hydroxylation sites is 1. The lowest BCUT2D eigenvalue weighted by molar-refractivity contribution is -0.111. The number of anilines is 4. The summed E-state index contributed by atoms with van der Waals surface area (Å²) < 4.78 is 6.87. The van der Waals surface area contributed by atoms with Gasteiger partial charge < -0.3 is 29.7 Å². The van der Waals surface area contributed by atoms with Gasteiger partial charge in [-0.15, -0.1) is 0 Å². The maximum absolute atomic E-state index is 12.4. The first-order chi connectivity index (χ1) is 19.1. The molecule has 0 radical (unpaired) electrons. The molecule has 208 valence electrons. The summed E-state index contributed by atoms with van der Waals surface area (Å²) in [6, 6.07) is 11.3. The number of amides is 1. The lowest BCUT2D eigenvalue weighted by Crippen LogP contribution is -2.29. The molecule has 2 heterocycles. The van der Waals surface area contributed by atoms with Crippen molar-refractivity contribution >= 4 is 45.8 Å². The van der Waals surface area contributed by atoms with Crippen LogP contribution < -0.4 is 15.5 Å². The summed E-state index contributed by atoms with van der Waals surface area (Å²) in [7, 11) is 9.31. The fraction of sp³-hybridized carbons (Fsp3) is 0.267. The highest BCUT2D eigenvalue weighted by atomic mass is 16.5. The van der Waals surface area contributed by atoms with Gasteiger partial charge in [0.2, 0.25) is 11.9 Å². The van der Waals surface area contributed by atoms with Gasteiger partial charge in [0.1, 0.15) is 0 Å². The number of nitrogens with zero attached hydrogens (tertiary/aromatic N) is 5. The predicted octanol–water partition coefficient (Wildman–Crippen LogP) is 4.60. The first kappa shape index (κ1) is 28.3. The number of methoxy groups -OCH3 is 1. The van der Waals surface area contributed by atoms with Crippen molar-refractivity contribution in [1.29, 1.82) is 0 Å². The maximum atomic E-state index is 12.4. The second-order valence-corrected chi connectivity index (χ2v) is 9.84. The highest BCUT2D eigenvalue weighted by molar-refractivity contribution is 6.07. The van der Waals surface area contributed by atoms with Crippen molar-refractivity contribution in [3.63, 3.8) is 0 Å². The van der Waals surface area contributed by atoms with E-state index < -0.39 is 5.97 Å². The Morgan fingerprint density at radius 3 is 2.60 bits per heavy atom. The van der Waals surface area contributed by atoms with Crippen molar-refractivity contribution in [1.82, 2.24) is 19.4 Å². The lowest BCUT2D eigenvalue weighted by Gasteiger charge is -2.25. The van der Waals surface area contributed by atoms with Gasteiger partial charge in [-0.3, -0.25) is 4.79 Å². The van der Waals surface area contributed by atoms with Crippen LogP contribution in [0.25, 0.3) is 22.2 Å². The molecule has 0 saturated heterocycles. The topological polar surface area (TPSA) is 105 Å². The molecule has 0 bridgehead atoms. The summed E-state index contributed by atoms with van der Waals surface area (Å²) in [6.45, 7) is 7.22. The van der Waals surface area contributed by atoms with Gasteiger partial charge in [-0.2, -0.15) is 0 Å². The largest absolute Gasteiger partial charge is 0.465 e. The molecule has 0 atom stereocenters. The predicted molar refractivity (Wildman–Crippen MR) is 160 cm³/mol. The first-order valence-electron chi connectivity index (χ1n) is 12.8. The third-order valence-corrected chi connectivity index (χ3v) is 6.66. The van der Waals surface area contributed by atoms with Crippen LogP contribution >= 0.6 is 0 Å². The molecule has 0 aliphatic carbocycles. The second-order valence-electron chi connectivity index (χ2n) is 9.84. The van der Waals surface area contributed by atoms with E-state index >= 15 is 0 Å². The van der Waals surface area contributed by atoms with E-state index in [0.717, 1.165) is 46.5 Å². The molecule has 2 aromatic heterocycles. The summed E-state index contributed by atoms with van der Waals surface area (Å²) in [5, 5.41) is 7.13. The Kier molecular flexibility index (Phi) is 8.49. The van der Waals surface area contributed by atoms with Crippen LogP contribution in [-0.2, 0) is 16.6 Å². The minimum Gasteiger partial charge on any atom is -0.465 e.